The number of piperidine rings is 1. The van der Waals surface area contributed by atoms with Crippen LogP contribution in [0.15, 0.2) is 48.5 Å². The zero-order chi connectivity index (χ0) is 20.1. The molecule has 1 unspecified atom stereocenters. The van der Waals surface area contributed by atoms with Gasteiger partial charge in [0.15, 0.2) is 0 Å². The predicted molar refractivity (Wildman–Crippen MR) is 107 cm³/mol. The Kier molecular flexibility index (Phi) is 7.64. The maximum absolute atomic E-state index is 12.8. The smallest absolute Gasteiger partial charge is 0.326 e. The Morgan fingerprint density at radius 1 is 1.00 bits per heavy atom. The lowest BCUT2D eigenvalue weighted by atomic mass is 9.99. The highest BCUT2D eigenvalue weighted by molar-refractivity contribution is 6.04. The number of carbonyl (C=O) groups excluding carboxylic acids is 2. The van der Waals surface area contributed by atoms with E-state index in [-0.39, 0.29) is 29.8 Å². The van der Waals surface area contributed by atoms with Crippen molar-refractivity contribution in [3.8, 4) is 0 Å². The molecule has 1 saturated heterocycles. The van der Waals surface area contributed by atoms with E-state index in [9.17, 15) is 22.8 Å². The average molecular weight is 428 g/mol. The van der Waals surface area contributed by atoms with Crippen molar-refractivity contribution < 1.29 is 22.8 Å². The van der Waals surface area contributed by atoms with Crippen molar-refractivity contribution in [2.24, 2.45) is 5.92 Å². The van der Waals surface area contributed by atoms with Gasteiger partial charge in [-0.25, -0.2) is 0 Å². The van der Waals surface area contributed by atoms with E-state index in [0.29, 0.717) is 17.9 Å². The first-order valence-electron chi connectivity index (χ1n) is 8.93. The van der Waals surface area contributed by atoms with Gasteiger partial charge >= 0.3 is 6.18 Å². The van der Waals surface area contributed by atoms with Gasteiger partial charge in [0.2, 0.25) is 5.91 Å². The zero-order valence-electron chi connectivity index (χ0n) is 15.4. The zero-order valence-corrected chi connectivity index (χ0v) is 16.2. The summed E-state index contributed by atoms with van der Waals surface area (Å²) in [4.78, 5) is 24.6. The third-order valence-corrected chi connectivity index (χ3v) is 4.51. The lowest BCUT2D eigenvalue weighted by molar-refractivity contribution is -0.137. The lowest BCUT2D eigenvalue weighted by Gasteiger charge is -2.22. The minimum atomic E-state index is -4.52. The molecule has 0 aromatic heterocycles. The van der Waals surface area contributed by atoms with Gasteiger partial charge in [-0.15, -0.1) is 12.4 Å². The summed E-state index contributed by atoms with van der Waals surface area (Å²) in [5.74, 6) is -0.878. The molecule has 0 spiro atoms. The maximum Gasteiger partial charge on any atom is 0.416 e. The van der Waals surface area contributed by atoms with Gasteiger partial charge in [-0.2, -0.15) is 13.2 Å². The molecule has 1 fully saturated rings. The van der Waals surface area contributed by atoms with Crippen LogP contribution < -0.4 is 16.0 Å². The van der Waals surface area contributed by atoms with Crippen molar-refractivity contribution in [1.29, 1.82) is 0 Å². The number of benzene rings is 2. The van der Waals surface area contributed by atoms with E-state index in [4.69, 9.17) is 0 Å². The highest BCUT2D eigenvalue weighted by Gasteiger charge is 2.30. The third kappa shape index (κ3) is 6.20. The molecule has 2 aromatic rings. The van der Waals surface area contributed by atoms with Crippen LogP contribution in [0.25, 0.3) is 0 Å². The molecule has 1 heterocycles. The highest BCUT2D eigenvalue weighted by Crippen LogP contribution is 2.29. The summed E-state index contributed by atoms with van der Waals surface area (Å²) in [6, 6.07) is 10.7. The minimum Gasteiger partial charge on any atom is -0.326 e. The Morgan fingerprint density at radius 2 is 1.69 bits per heavy atom. The van der Waals surface area contributed by atoms with E-state index >= 15 is 0 Å². The fourth-order valence-electron chi connectivity index (χ4n) is 3.03. The molecule has 0 radical (unpaired) electrons. The van der Waals surface area contributed by atoms with Gasteiger partial charge in [0, 0.05) is 23.5 Å². The molecule has 2 amide bonds. The van der Waals surface area contributed by atoms with Crippen LogP contribution in [0.1, 0.15) is 28.8 Å². The van der Waals surface area contributed by atoms with Gasteiger partial charge < -0.3 is 16.0 Å². The van der Waals surface area contributed by atoms with Crippen molar-refractivity contribution in [3.63, 3.8) is 0 Å². The monoisotopic (exact) mass is 427 g/mol. The number of anilines is 2. The molecule has 0 saturated carbocycles. The predicted octanol–water partition coefficient (Wildman–Crippen LogP) is 4.32. The SMILES string of the molecule is Cl.O=C(Nc1cccc(NC(=O)C2CCCNC2)c1)c1cccc(C(F)(F)F)c1. The van der Waals surface area contributed by atoms with E-state index < -0.39 is 17.6 Å². The molecule has 1 aliphatic heterocycles. The summed E-state index contributed by atoms with van der Waals surface area (Å²) in [5.41, 5.74) is -0.0980. The van der Waals surface area contributed by atoms with Gasteiger partial charge in [-0.3, -0.25) is 9.59 Å². The number of alkyl halides is 3. The van der Waals surface area contributed by atoms with Crippen molar-refractivity contribution >= 4 is 35.6 Å². The Labute approximate surface area is 172 Å². The first-order chi connectivity index (χ1) is 13.3. The average Bonchev–Trinajstić information content (AvgIpc) is 2.68. The Balaban J connectivity index is 0.00000300. The highest BCUT2D eigenvalue weighted by atomic mass is 35.5. The van der Waals surface area contributed by atoms with Crippen LogP contribution in [0, 0.1) is 5.92 Å². The fourth-order valence-corrected chi connectivity index (χ4v) is 3.03. The van der Waals surface area contributed by atoms with Crippen molar-refractivity contribution in [3.05, 3.63) is 59.7 Å². The molecule has 5 nitrogen and oxygen atoms in total. The van der Waals surface area contributed by atoms with Gasteiger partial charge in [0.1, 0.15) is 0 Å². The summed E-state index contributed by atoms with van der Waals surface area (Å²) in [5, 5.41) is 8.55. The molecule has 29 heavy (non-hydrogen) atoms. The normalized spacial score (nSPS) is 16.4. The Hall–Kier alpha value is -2.58. The van der Waals surface area contributed by atoms with Gasteiger partial charge in [-0.1, -0.05) is 12.1 Å². The minimum absolute atomic E-state index is 0. The second-order valence-corrected chi connectivity index (χ2v) is 6.65. The summed E-state index contributed by atoms with van der Waals surface area (Å²) in [7, 11) is 0. The van der Waals surface area contributed by atoms with Crippen LogP contribution in [0.4, 0.5) is 24.5 Å². The number of nitrogens with one attached hydrogen (secondary N) is 3. The van der Waals surface area contributed by atoms with Crippen LogP contribution in [0.2, 0.25) is 0 Å². The molecule has 0 aliphatic carbocycles. The first kappa shape index (κ1) is 22.7. The number of halogens is 4. The molecule has 3 rings (SSSR count). The number of rotatable bonds is 4. The number of hydrogen-bond donors (Lipinski definition) is 3. The lowest BCUT2D eigenvalue weighted by Crippen LogP contribution is -2.37. The Morgan fingerprint density at radius 3 is 2.34 bits per heavy atom. The first-order valence-corrected chi connectivity index (χ1v) is 8.93. The summed E-state index contributed by atoms with van der Waals surface area (Å²) >= 11 is 0. The van der Waals surface area contributed by atoms with Crippen LogP contribution >= 0.6 is 12.4 Å². The van der Waals surface area contributed by atoms with Crippen LogP contribution in [0.5, 0.6) is 0 Å². The second-order valence-electron chi connectivity index (χ2n) is 6.65. The van der Waals surface area contributed by atoms with Crippen LogP contribution in [0.3, 0.4) is 0 Å². The van der Waals surface area contributed by atoms with E-state index in [2.05, 4.69) is 16.0 Å². The third-order valence-electron chi connectivity index (χ3n) is 4.51. The van der Waals surface area contributed by atoms with Crippen molar-refractivity contribution in [1.82, 2.24) is 5.32 Å². The second kappa shape index (κ2) is 9.76. The molecule has 156 valence electrons. The van der Waals surface area contributed by atoms with Gasteiger partial charge in [-0.05, 0) is 55.8 Å². The summed E-state index contributed by atoms with van der Waals surface area (Å²) in [6.07, 6.45) is -2.77. The maximum atomic E-state index is 12.8. The van der Waals surface area contributed by atoms with Crippen molar-refractivity contribution in [2.45, 2.75) is 19.0 Å². The largest absolute Gasteiger partial charge is 0.416 e. The van der Waals surface area contributed by atoms with E-state index in [1.807, 2.05) is 0 Å². The number of amides is 2. The quantitative estimate of drug-likeness (QED) is 0.680. The standard InChI is InChI=1S/C20H20F3N3O2.ClH/c21-20(22,23)15-6-1-4-13(10-15)18(27)25-16-7-2-8-17(11-16)26-19(28)14-5-3-9-24-12-14;/h1-2,4,6-8,10-11,14,24H,3,5,9,12H2,(H,25,27)(H,26,28);1H. The molecule has 1 aliphatic rings. The molecule has 9 heteroatoms. The molecular formula is C20H21ClF3N3O2. The molecule has 3 N–H and O–H groups in total. The fraction of sp³-hybridized carbons (Fsp3) is 0.300. The van der Waals surface area contributed by atoms with Gasteiger partial charge in [0.05, 0.1) is 11.5 Å². The molecular weight excluding hydrogens is 407 g/mol. The topological polar surface area (TPSA) is 70.2 Å². The molecule has 1 atom stereocenters. The molecule has 2 aromatic carbocycles. The van der Waals surface area contributed by atoms with E-state index in [0.717, 1.165) is 31.5 Å². The van der Waals surface area contributed by atoms with Gasteiger partial charge in [0.25, 0.3) is 5.91 Å². The number of carbonyl (C=O) groups is 2. The summed E-state index contributed by atoms with van der Waals surface area (Å²) < 4.78 is 38.4. The Bertz CT molecular complexity index is 868. The van der Waals surface area contributed by atoms with Crippen LogP contribution in [-0.4, -0.2) is 24.9 Å². The molecule has 0 bridgehead atoms. The number of hydrogen-bond acceptors (Lipinski definition) is 3. The van der Waals surface area contributed by atoms with E-state index in [1.165, 1.54) is 12.1 Å². The van der Waals surface area contributed by atoms with Crippen LogP contribution in [-0.2, 0) is 11.0 Å². The van der Waals surface area contributed by atoms with Crippen molar-refractivity contribution in [2.75, 3.05) is 23.7 Å². The van der Waals surface area contributed by atoms with E-state index in [1.54, 1.807) is 24.3 Å². The summed E-state index contributed by atoms with van der Waals surface area (Å²) in [6.45, 7) is 1.53.